The van der Waals surface area contributed by atoms with Gasteiger partial charge in [-0.1, -0.05) is 22.7 Å². The Morgan fingerprint density at radius 1 is 1.09 bits per heavy atom. The van der Waals surface area contributed by atoms with Crippen LogP contribution in [0.1, 0.15) is 37.0 Å². The van der Waals surface area contributed by atoms with E-state index in [1.807, 2.05) is 13.8 Å². The molecule has 0 aliphatic heterocycles. The van der Waals surface area contributed by atoms with Gasteiger partial charge < -0.3 is 0 Å². The molecule has 0 amide bonds. The van der Waals surface area contributed by atoms with Gasteiger partial charge in [0, 0.05) is 16.5 Å². The Bertz CT molecular complexity index is 770. The van der Waals surface area contributed by atoms with Gasteiger partial charge in [0.2, 0.25) is 0 Å². The second-order valence-electron chi connectivity index (χ2n) is 6.40. The van der Waals surface area contributed by atoms with Crippen LogP contribution in [0, 0.1) is 11.3 Å². The maximum atomic E-state index is 13.2. The van der Waals surface area contributed by atoms with Gasteiger partial charge >= 0.3 is 0 Å². The first-order valence-electron chi connectivity index (χ1n) is 7.58. The lowest BCUT2D eigenvalue weighted by Crippen LogP contribution is -2.51. The summed E-state index contributed by atoms with van der Waals surface area (Å²) in [7, 11) is 0. The maximum Gasteiger partial charge on any atom is 0.177 e. The molecular formula is C19H17ClO3. The molecule has 0 spiro atoms. The van der Waals surface area contributed by atoms with Crippen molar-refractivity contribution in [3.05, 3.63) is 58.1 Å². The van der Waals surface area contributed by atoms with E-state index in [-0.39, 0.29) is 17.3 Å². The van der Waals surface area contributed by atoms with Crippen LogP contribution in [0.15, 0.2) is 47.6 Å². The van der Waals surface area contributed by atoms with E-state index in [0.717, 1.165) is 11.1 Å². The topological polar surface area (TPSA) is 51.2 Å². The molecule has 2 atom stereocenters. The minimum atomic E-state index is -1.30. The highest BCUT2D eigenvalue weighted by Crippen LogP contribution is 2.49. The molecule has 2 aliphatic rings. The summed E-state index contributed by atoms with van der Waals surface area (Å²) in [5.74, 6) is -1.30. The summed E-state index contributed by atoms with van der Waals surface area (Å²) in [6.07, 6.45) is 3.34. The molecule has 0 radical (unpaired) electrons. The molecule has 0 fully saturated rings. The third-order valence-electron chi connectivity index (χ3n) is 5.07. The van der Waals surface area contributed by atoms with Gasteiger partial charge in [-0.05, 0) is 63.1 Å². The van der Waals surface area contributed by atoms with Crippen LogP contribution < -0.4 is 0 Å². The van der Waals surface area contributed by atoms with Crippen molar-refractivity contribution < 1.29 is 14.4 Å². The van der Waals surface area contributed by atoms with Crippen molar-refractivity contribution in [2.45, 2.75) is 26.7 Å². The summed E-state index contributed by atoms with van der Waals surface area (Å²) in [6, 6.07) is 6.49. The second kappa shape index (κ2) is 5.57. The number of hydrogen-bond donors (Lipinski definition) is 0. The smallest absolute Gasteiger partial charge is 0.177 e. The maximum absolute atomic E-state index is 13.2. The Hall–Kier alpha value is -2.00. The molecule has 0 saturated heterocycles. The van der Waals surface area contributed by atoms with Crippen LogP contribution in [0.5, 0.6) is 0 Å². The van der Waals surface area contributed by atoms with E-state index in [0.29, 0.717) is 23.4 Å². The van der Waals surface area contributed by atoms with Crippen LogP contribution in [0.3, 0.4) is 0 Å². The molecule has 1 aromatic rings. The standard InChI is InChI=1S/C19H17ClO3/c1-11-9-15-16(21)7-8-17(22)19(15,10-12(11)2)18(23)13-3-5-14(20)6-4-13/h3-8,15H,9-10H2,1-2H3. The van der Waals surface area contributed by atoms with Gasteiger partial charge in [-0.15, -0.1) is 0 Å². The summed E-state index contributed by atoms with van der Waals surface area (Å²) in [5, 5.41) is 0.525. The van der Waals surface area contributed by atoms with E-state index < -0.39 is 11.3 Å². The minimum absolute atomic E-state index is 0.140. The van der Waals surface area contributed by atoms with E-state index >= 15 is 0 Å². The predicted octanol–water partition coefficient (Wildman–Crippen LogP) is 3.96. The monoisotopic (exact) mass is 328 g/mol. The number of ketones is 3. The number of hydrogen-bond acceptors (Lipinski definition) is 3. The van der Waals surface area contributed by atoms with Crippen molar-refractivity contribution in [2.75, 3.05) is 0 Å². The fraction of sp³-hybridized carbons (Fsp3) is 0.316. The van der Waals surface area contributed by atoms with E-state index in [2.05, 4.69) is 0 Å². The number of rotatable bonds is 2. The molecule has 0 saturated carbocycles. The fourth-order valence-corrected chi connectivity index (χ4v) is 3.71. The molecule has 23 heavy (non-hydrogen) atoms. The average Bonchev–Trinajstić information content (AvgIpc) is 2.53. The molecule has 2 aliphatic carbocycles. The SMILES string of the molecule is CC1=C(C)CC2(C(=O)c3ccc(Cl)cc3)C(=O)C=CC(=O)C2C1. The van der Waals surface area contributed by atoms with Gasteiger partial charge in [-0.2, -0.15) is 0 Å². The van der Waals surface area contributed by atoms with E-state index in [9.17, 15) is 14.4 Å². The largest absolute Gasteiger partial charge is 0.294 e. The second-order valence-corrected chi connectivity index (χ2v) is 6.84. The Morgan fingerprint density at radius 2 is 1.74 bits per heavy atom. The van der Waals surface area contributed by atoms with Crippen molar-refractivity contribution in [3.63, 3.8) is 0 Å². The normalized spacial score (nSPS) is 27.2. The lowest BCUT2D eigenvalue weighted by atomic mass is 9.56. The predicted molar refractivity (Wildman–Crippen MR) is 88.5 cm³/mol. The Morgan fingerprint density at radius 3 is 2.39 bits per heavy atom. The number of Topliss-reactive ketones (excluding diaryl/α,β-unsaturated/α-hetero) is 1. The van der Waals surface area contributed by atoms with Crippen molar-refractivity contribution in [1.29, 1.82) is 0 Å². The first-order chi connectivity index (χ1) is 10.9. The first kappa shape index (κ1) is 15.9. The van der Waals surface area contributed by atoms with Crippen molar-refractivity contribution in [2.24, 2.45) is 11.3 Å². The molecule has 0 aromatic heterocycles. The number of carbonyl (C=O) groups excluding carboxylic acids is 3. The van der Waals surface area contributed by atoms with Crippen LogP contribution >= 0.6 is 11.6 Å². The van der Waals surface area contributed by atoms with Crippen LogP contribution in [0.2, 0.25) is 5.02 Å². The number of halogens is 1. The molecule has 0 bridgehead atoms. The Kier molecular flexibility index (Phi) is 3.85. The van der Waals surface area contributed by atoms with Crippen molar-refractivity contribution in [1.82, 2.24) is 0 Å². The summed E-state index contributed by atoms with van der Waals surface area (Å²) in [4.78, 5) is 38.3. The van der Waals surface area contributed by atoms with Gasteiger partial charge in [0.15, 0.2) is 17.3 Å². The first-order valence-corrected chi connectivity index (χ1v) is 7.96. The fourth-order valence-electron chi connectivity index (χ4n) is 3.58. The zero-order valence-corrected chi connectivity index (χ0v) is 13.8. The quantitative estimate of drug-likeness (QED) is 0.469. The highest BCUT2D eigenvalue weighted by molar-refractivity contribution is 6.31. The van der Waals surface area contributed by atoms with E-state index in [1.165, 1.54) is 12.2 Å². The molecule has 0 N–H and O–H groups in total. The molecule has 0 heterocycles. The Balaban J connectivity index is 2.16. The zero-order chi connectivity index (χ0) is 16.8. The van der Waals surface area contributed by atoms with Crippen LogP contribution in [-0.4, -0.2) is 17.3 Å². The summed E-state index contributed by atoms with van der Waals surface area (Å²) in [6.45, 7) is 3.89. The van der Waals surface area contributed by atoms with E-state index in [1.54, 1.807) is 24.3 Å². The molecular weight excluding hydrogens is 312 g/mol. The minimum Gasteiger partial charge on any atom is -0.294 e. The average molecular weight is 329 g/mol. The van der Waals surface area contributed by atoms with E-state index in [4.69, 9.17) is 11.6 Å². The van der Waals surface area contributed by atoms with Gasteiger partial charge in [-0.25, -0.2) is 0 Å². The molecule has 2 unspecified atom stereocenters. The van der Waals surface area contributed by atoms with Gasteiger partial charge in [-0.3, -0.25) is 14.4 Å². The van der Waals surface area contributed by atoms with Crippen molar-refractivity contribution in [3.8, 4) is 0 Å². The van der Waals surface area contributed by atoms with Gasteiger partial charge in [0.25, 0.3) is 0 Å². The van der Waals surface area contributed by atoms with Gasteiger partial charge in [0.05, 0.1) is 0 Å². The summed E-state index contributed by atoms with van der Waals surface area (Å²) in [5.41, 5.74) is 1.22. The number of carbonyl (C=O) groups is 3. The summed E-state index contributed by atoms with van der Waals surface area (Å²) >= 11 is 5.88. The lowest BCUT2D eigenvalue weighted by Gasteiger charge is -2.42. The molecule has 4 heteroatoms. The van der Waals surface area contributed by atoms with Crippen LogP contribution in [0.25, 0.3) is 0 Å². The third-order valence-corrected chi connectivity index (χ3v) is 5.32. The van der Waals surface area contributed by atoms with Crippen LogP contribution in [-0.2, 0) is 9.59 Å². The molecule has 3 rings (SSSR count). The lowest BCUT2D eigenvalue weighted by molar-refractivity contribution is -0.133. The number of benzene rings is 1. The third kappa shape index (κ3) is 2.40. The number of allylic oxidation sites excluding steroid dienone is 4. The highest BCUT2D eigenvalue weighted by atomic mass is 35.5. The molecule has 1 aromatic carbocycles. The van der Waals surface area contributed by atoms with Crippen molar-refractivity contribution >= 4 is 29.0 Å². The molecule has 3 nitrogen and oxygen atoms in total. The van der Waals surface area contributed by atoms with Crippen LogP contribution in [0.4, 0.5) is 0 Å². The summed E-state index contributed by atoms with van der Waals surface area (Å²) < 4.78 is 0. The molecule has 118 valence electrons. The number of fused-ring (bicyclic) bond motifs is 1. The Labute approximate surface area is 140 Å². The highest BCUT2D eigenvalue weighted by Gasteiger charge is 2.56. The van der Waals surface area contributed by atoms with Gasteiger partial charge in [0.1, 0.15) is 5.41 Å². The zero-order valence-electron chi connectivity index (χ0n) is 13.1.